The zero-order valence-electron chi connectivity index (χ0n) is 14.9. The normalized spacial score (nSPS) is 11.0. The van der Waals surface area contributed by atoms with Crippen molar-refractivity contribution >= 4 is 28.5 Å². The molecule has 0 bridgehead atoms. The summed E-state index contributed by atoms with van der Waals surface area (Å²) in [4.78, 5) is 28.4. The summed E-state index contributed by atoms with van der Waals surface area (Å²) in [5, 5.41) is 3.26. The van der Waals surface area contributed by atoms with E-state index in [2.05, 4.69) is 57.0 Å². The number of fused-ring (bicyclic) bond motifs is 1. The number of rotatable bonds is 7. The van der Waals surface area contributed by atoms with Gasteiger partial charge in [-0.05, 0) is 38.5 Å². The molecule has 0 amide bonds. The summed E-state index contributed by atoms with van der Waals surface area (Å²) in [5.41, 5.74) is 3.18. The molecule has 3 rings (SSSR count). The van der Waals surface area contributed by atoms with Crippen molar-refractivity contribution in [3.05, 3.63) is 40.4 Å². The number of nitrogens with zero attached hydrogens (tertiary/aromatic N) is 3. The summed E-state index contributed by atoms with van der Waals surface area (Å²) in [6.45, 7) is 8.18. The molecule has 3 aromatic rings. The molecule has 0 aliphatic heterocycles. The van der Waals surface area contributed by atoms with Crippen molar-refractivity contribution in [1.29, 1.82) is 0 Å². The summed E-state index contributed by atoms with van der Waals surface area (Å²) in [5.74, 6) is 1.51. The standard InChI is InChI=1S/C18H24N6O/c1-4-7-12-11-16(24(5-2)6-3)23-17(19-12)20-13-8-9-14-15(10-13)22-18(25)21-14/h8-11H,4-7H2,1-3H3,(H,19,20,23)(H2,21,22,25). The molecule has 7 nitrogen and oxygen atoms in total. The number of aryl methyl sites for hydroxylation is 1. The van der Waals surface area contributed by atoms with Gasteiger partial charge in [-0.2, -0.15) is 4.98 Å². The molecule has 0 fully saturated rings. The van der Waals surface area contributed by atoms with E-state index in [0.29, 0.717) is 5.95 Å². The Balaban J connectivity index is 1.94. The number of aromatic nitrogens is 4. The first-order valence-electron chi connectivity index (χ1n) is 8.74. The van der Waals surface area contributed by atoms with Crippen molar-refractivity contribution < 1.29 is 0 Å². The monoisotopic (exact) mass is 340 g/mol. The van der Waals surface area contributed by atoms with E-state index in [1.165, 1.54) is 0 Å². The first-order chi connectivity index (χ1) is 12.1. The maximum atomic E-state index is 11.4. The van der Waals surface area contributed by atoms with Gasteiger partial charge >= 0.3 is 5.69 Å². The van der Waals surface area contributed by atoms with Gasteiger partial charge in [0.15, 0.2) is 0 Å². The van der Waals surface area contributed by atoms with Gasteiger partial charge in [-0.15, -0.1) is 0 Å². The fraction of sp³-hybridized carbons (Fsp3) is 0.389. The van der Waals surface area contributed by atoms with Crippen LogP contribution in [0.25, 0.3) is 11.0 Å². The third kappa shape index (κ3) is 3.81. The van der Waals surface area contributed by atoms with Crippen LogP contribution in [-0.4, -0.2) is 33.0 Å². The van der Waals surface area contributed by atoms with Gasteiger partial charge in [0.2, 0.25) is 5.95 Å². The minimum Gasteiger partial charge on any atom is -0.357 e. The van der Waals surface area contributed by atoms with Crippen LogP contribution in [0.2, 0.25) is 0 Å². The molecule has 0 aliphatic rings. The lowest BCUT2D eigenvalue weighted by Gasteiger charge is -2.21. The van der Waals surface area contributed by atoms with Gasteiger partial charge in [0.05, 0.1) is 11.0 Å². The van der Waals surface area contributed by atoms with Gasteiger partial charge in [-0.25, -0.2) is 9.78 Å². The minimum atomic E-state index is -0.211. The molecule has 0 saturated heterocycles. The molecule has 0 saturated carbocycles. The van der Waals surface area contributed by atoms with Crippen molar-refractivity contribution in [1.82, 2.24) is 19.9 Å². The van der Waals surface area contributed by atoms with E-state index in [4.69, 9.17) is 0 Å². The van der Waals surface area contributed by atoms with E-state index in [0.717, 1.165) is 54.2 Å². The lowest BCUT2D eigenvalue weighted by molar-refractivity contribution is 0.824. The average molecular weight is 340 g/mol. The quantitative estimate of drug-likeness (QED) is 0.614. The molecule has 7 heteroatoms. The van der Waals surface area contributed by atoms with Crippen LogP contribution in [0.4, 0.5) is 17.5 Å². The molecule has 0 spiro atoms. The van der Waals surface area contributed by atoms with Crippen LogP contribution < -0.4 is 15.9 Å². The highest BCUT2D eigenvalue weighted by molar-refractivity contribution is 5.79. The molecular weight excluding hydrogens is 316 g/mol. The molecule has 0 radical (unpaired) electrons. The topological polar surface area (TPSA) is 89.7 Å². The molecule has 1 aromatic carbocycles. The Bertz CT molecular complexity index is 909. The summed E-state index contributed by atoms with van der Waals surface area (Å²) in [6, 6.07) is 7.70. The van der Waals surface area contributed by atoms with Crippen LogP contribution in [0.1, 0.15) is 32.9 Å². The predicted molar refractivity (Wildman–Crippen MR) is 102 cm³/mol. The fourth-order valence-corrected chi connectivity index (χ4v) is 2.87. The molecule has 0 atom stereocenters. The van der Waals surface area contributed by atoms with Gasteiger partial charge in [-0.3, -0.25) is 0 Å². The van der Waals surface area contributed by atoms with Crippen LogP contribution >= 0.6 is 0 Å². The number of nitrogens with one attached hydrogen (secondary N) is 3. The van der Waals surface area contributed by atoms with E-state index < -0.39 is 0 Å². The van der Waals surface area contributed by atoms with E-state index >= 15 is 0 Å². The van der Waals surface area contributed by atoms with Crippen LogP contribution in [-0.2, 0) is 6.42 Å². The zero-order valence-corrected chi connectivity index (χ0v) is 14.9. The SMILES string of the molecule is CCCc1cc(N(CC)CC)nc(Nc2ccc3[nH]c(=O)[nH]c3c2)n1. The van der Waals surface area contributed by atoms with Gasteiger partial charge in [0, 0.05) is 30.5 Å². The average Bonchev–Trinajstić information content (AvgIpc) is 2.95. The molecule has 2 aromatic heterocycles. The summed E-state index contributed by atoms with van der Waals surface area (Å²) >= 11 is 0. The zero-order chi connectivity index (χ0) is 17.8. The first-order valence-corrected chi connectivity index (χ1v) is 8.74. The number of H-pyrrole nitrogens is 2. The Hall–Kier alpha value is -2.83. The van der Waals surface area contributed by atoms with Gasteiger partial charge in [0.25, 0.3) is 0 Å². The Labute approximate surface area is 146 Å². The van der Waals surface area contributed by atoms with Crippen molar-refractivity contribution in [2.45, 2.75) is 33.6 Å². The highest BCUT2D eigenvalue weighted by Crippen LogP contribution is 2.21. The highest BCUT2D eigenvalue weighted by Gasteiger charge is 2.10. The maximum absolute atomic E-state index is 11.4. The van der Waals surface area contributed by atoms with Crippen molar-refractivity contribution in [3.63, 3.8) is 0 Å². The van der Waals surface area contributed by atoms with E-state index in [9.17, 15) is 4.79 Å². The van der Waals surface area contributed by atoms with Crippen LogP contribution in [0.15, 0.2) is 29.1 Å². The Morgan fingerprint density at radius 3 is 2.52 bits per heavy atom. The van der Waals surface area contributed by atoms with E-state index in [-0.39, 0.29) is 5.69 Å². The summed E-state index contributed by atoms with van der Waals surface area (Å²) in [7, 11) is 0. The van der Waals surface area contributed by atoms with Gasteiger partial charge in [-0.1, -0.05) is 13.3 Å². The summed E-state index contributed by atoms with van der Waals surface area (Å²) in [6.07, 6.45) is 1.94. The second-order valence-corrected chi connectivity index (χ2v) is 5.93. The van der Waals surface area contributed by atoms with E-state index in [1.807, 2.05) is 18.2 Å². The molecule has 3 N–H and O–H groups in total. The molecule has 25 heavy (non-hydrogen) atoms. The smallest absolute Gasteiger partial charge is 0.323 e. The third-order valence-corrected chi connectivity index (χ3v) is 4.13. The van der Waals surface area contributed by atoms with Crippen LogP contribution in [0.5, 0.6) is 0 Å². The number of hydrogen-bond donors (Lipinski definition) is 3. The molecule has 2 heterocycles. The number of hydrogen-bond acceptors (Lipinski definition) is 5. The summed E-state index contributed by atoms with van der Waals surface area (Å²) < 4.78 is 0. The predicted octanol–water partition coefficient (Wildman–Crippen LogP) is 3.19. The number of aromatic amines is 2. The molecular formula is C18H24N6O. The van der Waals surface area contributed by atoms with Gasteiger partial charge < -0.3 is 20.2 Å². The highest BCUT2D eigenvalue weighted by atomic mass is 16.1. The second-order valence-electron chi connectivity index (χ2n) is 5.93. The van der Waals surface area contributed by atoms with Gasteiger partial charge in [0.1, 0.15) is 5.82 Å². The Morgan fingerprint density at radius 1 is 1.04 bits per heavy atom. The first kappa shape index (κ1) is 17.0. The second kappa shape index (κ2) is 7.38. The Morgan fingerprint density at radius 2 is 1.80 bits per heavy atom. The van der Waals surface area contributed by atoms with Crippen molar-refractivity contribution in [2.24, 2.45) is 0 Å². The third-order valence-electron chi connectivity index (χ3n) is 4.13. The largest absolute Gasteiger partial charge is 0.357 e. The van der Waals surface area contributed by atoms with Crippen LogP contribution in [0.3, 0.4) is 0 Å². The van der Waals surface area contributed by atoms with Crippen molar-refractivity contribution in [3.8, 4) is 0 Å². The van der Waals surface area contributed by atoms with Crippen molar-refractivity contribution in [2.75, 3.05) is 23.3 Å². The number of benzene rings is 1. The fourth-order valence-electron chi connectivity index (χ4n) is 2.87. The Kier molecular flexibility index (Phi) is 5.02. The molecule has 132 valence electrons. The molecule has 0 aliphatic carbocycles. The minimum absolute atomic E-state index is 0.211. The van der Waals surface area contributed by atoms with E-state index in [1.54, 1.807) is 0 Å². The van der Waals surface area contributed by atoms with Crippen LogP contribution in [0, 0.1) is 0 Å². The lowest BCUT2D eigenvalue weighted by Crippen LogP contribution is -2.23. The number of imidazole rings is 1. The lowest BCUT2D eigenvalue weighted by atomic mass is 10.2. The number of anilines is 3. The maximum Gasteiger partial charge on any atom is 0.323 e. The molecule has 0 unspecified atom stereocenters.